The second-order valence-corrected chi connectivity index (χ2v) is 1.17. The normalized spacial score (nSPS) is 9.12. The summed E-state index contributed by atoms with van der Waals surface area (Å²) in [5.74, 6) is 5.09. The van der Waals surface area contributed by atoms with Gasteiger partial charge in [-0.25, -0.2) is 15.7 Å². The van der Waals surface area contributed by atoms with E-state index in [1.807, 2.05) is 0 Å². The van der Waals surface area contributed by atoms with Crippen molar-refractivity contribution in [3.05, 3.63) is 10.5 Å². The third-order valence-electron chi connectivity index (χ3n) is 0.638. The highest BCUT2D eigenvalue weighted by atomic mass is 16.1. The Kier molecular flexibility index (Phi) is 1.01. The van der Waals surface area contributed by atoms with Gasteiger partial charge in [-0.05, 0) is 0 Å². The number of nitrogens with two attached hydrogens (primary N) is 1. The maximum Gasteiger partial charge on any atom is 0.342 e. The lowest BCUT2D eigenvalue weighted by molar-refractivity contribution is 1.05. The monoisotopic (exact) mass is 115 g/mol. The van der Waals surface area contributed by atoms with Gasteiger partial charge in [-0.15, -0.1) is 5.10 Å². The topological polar surface area (TPSA) is 99.6 Å². The first-order valence-electron chi connectivity index (χ1n) is 1.94. The molecule has 1 rings (SSSR count). The highest BCUT2D eigenvalue weighted by Gasteiger charge is 1.88. The smallest absolute Gasteiger partial charge is 0.293 e. The Bertz CT molecular complexity index is 210. The summed E-state index contributed by atoms with van der Waals surface area (Å²) >= 11 is 0. The van der Waals surface area contributed by atoms with Crippen molar-refractivity contribution < 1.29 is 0 Å². The minimum Gasteiger partial charge on any atom is -0.293 e. The van der Waals surface area contributed by atoms with Gasteiger partial charge in [-0.2, -0.15) is 0 Å². The van der Waals surface area contributed by atoms with Crippen LogP contribution in [0.25, 0.3) is 0 Å². The van der Waals surface area contributed by atoms with Gasteiger partial charge in [0.25, 0.3) is 0 Å². The van der Waals surface area contributed by atoms with Crippen molar-refractivity contribution >= 4 is 5.95 Å². The van der Waals surface area contributed by atoms with Gasteiger partial charge >= 0.3 is 5.69 Å². The van der Waals surface area contributed by atoms with Gasteiger partial charge in [-0.3, -0.25) is 10.4 Å². The molecular weight excluding hydrogens is 110 g/mol. The molecule has 1 heterocycles. The minimum absolute atomic E-state index is 0.231. The van der Waals surface area contributed by atoms with E-state index in [1.165, 1.54) is 0 Å². The van der Waals surface area contributed by atoms with E-state index in [9.17, 15) is 4.79 Å². The lowest BCUT2D eigenvalue weighted by Crippen LogP contribution is -2.09. The molecule has 0 aliphatic rings. The van der Waals surface area contributed by atoms with Crippen molar-refractivity contribution in [1.82, 2.24) is 15.2 Å². The first-order chi connectivity index (χ1) is 3.83. The number of nitrogens with one attached hydrogen (secondary N) is 3. The Balaban J connectivity index is 3.01. The van der Waals surface area contributed by atoms with Crippen molar-refractivity contribution in [2.45, 2.75) is 0 Å². The van der Waals surface area contributed by atoms with Crippen molar-refractivity contribution in [3.8, 4) is 0 Å². The van der Waals surface area contributed by atoms with Crippen molar-refractivity contribution in [1.29, 1.82) is 0 Å². The van der Waals surface area contributed by atoms with E-state index >= 15 is 0 Å². The quantitative estimate of drug-likeness (QED) is 0.261. The number of aromatic amines is 2. The molecule has 0 saturated carbocycles. The Hall–Kier alpha value is -1.30. The van der Waals surface area contributed by atoms with Crippen LogP contribution in [-0.4, -0.2) is 15.2 Å². The van der Waals surface area contributed by atoms with Gasteiger partial charge in [0.2, 0.25) is 5.95 Å². The van der Waals surface area contributed by atoms with Crippen LogP contribution in [0, 0.1) is 0 Å². The predicted molar refractivity (Wildman–Crippen MR) is 27.0 cm³/mol. The van der Waals surface area contributed by atoms with Gasteiger partial charge in [0, 0.05) is 0 Å². The molecule has 0 fully saturated rings. The summed E-state index contributed by atoms with van der Waals surface area (Å²) < 4.78 is 0. The molecule has 0 unspecified atom stereocenters. The first-order valence-corrected chi connectivity index (χ1v) is 1.94. The van der Waals surface area contributed by atoms with E-state index in [2.05, 4.69) is 20.6 Å². The molecule has 0 amide bonds. The number of rotatable bonds is 1. The van der Waals surface area contributed by atoms with E-state index in [1.54, 1.807) is 0 Å². The zero-order valence-corrected chi connectivity index (χ0v) is 3.93. The summed E-state index contributed by atoms with van der Waals surface area (Å²) in [6.45, 7) is 0. The Labute approximate surface area is 44.1 Å². The van der Waals surface area contributed by atoms with Crippen LogP contribution in [0.2, 0.25) is 0 Å². The maximum absolute atomic E-state index is 10.2. The van der Waals surface area contributed by atoms with Gasteiger partial charge in [0.15, 0.2) is 0 Å². The van der Waals surface area contributed by atoms with Crippen LogP contribution >= 0.6 is 0 Å². The van der Waals surface area contributed by atoms with Crippen molar-refractivity contribution in [3.63, 3.8) is 0 Å². The van der Waals surface area contributed by atoms with E-state index in [4.69, 9.17) is 5.84 Å². The average Bonchev–Trinajstić information content (AvgIpc) is 2.14. The number of hydrazine groups is 1. The first kappa shape index (κ1) is 4.85. The molecular formula is C2H5N5O. The summed E-state index contributed by atoms with van der Waals surface area (Å²) in [7, 11) is 0. The SMILES string of the molecule is NNc1n[nH]c(=O)[nH]1. The van der Waals surface area contributed by atoms with Crippen LogP contribution in [0.4, 0.5) is 5.95 Å². The molecule has 1 aromatic heterocycles. The lowest BCUT2D eigenvalue weighted by atomic mass is 11.1. The highest BCUT2D eigenvalue weighted by molar-refractivity contribution is 5.16. The molecule has 0 aromatic carbocycles. The number of aromatic nitrogens is 3. The van der Waals surface area contributed by atoms with Crippen molar-refractivity contribution in [2.24, 2.45) is 5.84 Å². The third kappa shape index (κ3) is 0.684. The molecule has 0 spiro atoms. The molecule has 1 aromatic rings. The number of anilines is 1. The number of hydrogen-bond acceptors (Lipinski definition) is 4. The molecule has 0 aliphatic heterocycles. The van der Waals surface area contributed by atoms with Gasteiger partial charge in [-0.1, -0.05) is 0 Å². The van der Waals surface area contributed by atoms with Crippen LogP contribution in [0.1, 0.15) is 0 Å². The third-order valence-corrected chi connectivity index (χ3v) is 0.638. The molecule has 0 atom stereocenters. The Morgan fingerprint density at radius 3 is 2.75 bits per heavy atom. The molecule has 6 heteroatoms. The standard InChI is InChI=1S/C2H5N5O/c3-5-1-4-2(8)7-6-1/h3H2,(H3,4,5,6,7,8). The molecule has 6 nitrogen and oxygen atoms in total. The van der Waals surface area contributed by atoms with E-state index in [0.29, 0.717) is 0 Å². The minimum atomic E-state index is -0.377. The molecule has 0 aliphatic carbocycles. The highest BCUT2D eigenvalue weighted by Crippen LogP contribution is 1.79. The fourth-order valence-corrected chi connectivity index (χ4v) is 0.338. The maximum atomic E-state index is 10.2. The zero-order valence-electron chi connectivity index (χ0n) is 3.93. The fourth-order valence-electron chi connectivity index (χ4n) is 0.338. The van der Waals surface area contributed by atoms with Crippen LogP contribution in [0.15, 0.2) is 4.79 Å². The Morgan fingerprint density at radius 2 is 2.50 bits per heavy atom. The molecule has 8 heavy (non-hydrogen) atoms. The second kappa shape index (κ2) is 1.66. The van der Waals surface area contributed by atoms with E-state index in [0.717, 1.165) is 0 Å². The zero-order chi connectivity index (χ0) is 5.98. The van der Waals surface area contributed by atoms with Crippen LogP contribution in [-0.2, 0) is 0 Å². The van der Waals surface area contributed by atoms with E-state index in [-0.39, 0.29) is 11.6 Å². The average molecular weight is 115 g/mol. The molecule has 0 radical (unpaired) electrons. The molecule has 0 bridgehead atoms. The second-order valence-electron chi connectivity index (χ2n) is 1.17. The number of nitrogens with zero attached hydrogens (tertiary/aromatic N) is 1. The molecule has 44 valence electrons. The summed E-state index contributed by atoms with van der Waals surface area (Å²) in [5, 5.41) is 5.52. The van der Waals surface area contributed by atoms with E-state index < -0.39 is 0 Å². The number of nitrogen functional groups attached to an aromatic ring is 1. The van der Waals surface area contributed by atoms with Gasteiger partial charge in [0.1, 0.15) is 0 Å². The fraction of sp³-hybridized carbons (Fsp3) is 0. The van der Waals surface area contributed by atoms with Gasteiger partial charge in [0.05, 0.1) is 0 Å². The summed E-state index contributed by atoms with van der Waals surface area (Å²) in [4.78, 5) is 12.4. The number of H-pyrrole nitrogens is 2. The van der Waals surface area contributed by atoms with Gasteiger partial charge < -0.3 is 0 Å². The molecule has 5 N–H and O–H groups in total. The molecule has 0 saturated heterocycles. The largest absolute Gasteiger partial charge is 0.342 e. The predicted octanol–water partition coefficient (Wildman–Crippen LogP) is -1.62. The summed E-state index contributed by atoms with van der Waals surface area (Å²) in [6.07, 6.45) is 0. The van der Waals surface area contributed by atoms with Crippen LogP contribution in [0.5, 0.6) is 0 Å². The Morgan fingerprint density at radius 1 is 1.75 bits per heavy atom. The summed E-state index contributed by atoms with van der Waals surface area (Å²) in [6, 6.07) is 0. The van der Waals surface area contributed by atoms with Crippen LogP contribution in [0.3, 0.4) is 0 Å². The number of hydrogen-bond donors (Lipinski definition) is 4. The lowest BCUT2D eigenvalue weighted by Gasteiger charge is -1.83. The summed E-state index contributed by atoms with van der Waals surface area (Å²) in [5.41, 5.74) is 1.77. The van der Waals surface area contributed by atoms with Crippen LogP contribution < -0.4 is 17.0 Å². The van der Waals surface area contributed by atoms with Crippen molar-refractivity contribution in [2.75, 3.05) is 5.43 Å².